The first kappa shape index (κ1) is 15.0. The largest absolute Gasteiger partial charge is 0.465 e. The summed E-state index contributed by atoms with van der Waals surface area (Å²) in [7, 11) is 1.34. The van der Waals surface area contributed by atoms with Gasteiger partial charge in [-0.15, -0.1) is 0 Å². The molecule has 0 atom stereocenters. The topological polar surface area (TPSA) is 81.5 Å². The van der Waals surface area contributed by atoms with Gasteiger partial charge in [0.2, 0.25) is 0 Å². The number of hydrogen-bond acceptors (Lipinski definition) is 6. The second kappa shape index (κ2) is 6.36. The normalized spacial score (nSPS) is 10.2. The van der Waals surface area contributed by atoms with Crippen molar-refractivity contribution < 1.29 is 14.5 Å². The fourth-order valence-electron chi connectivity index (χ4n) is 1.85. The number of methoxy groups -OCH3 is 1. The van der Waals surface area contributed by atoms with Crippen LogP contribution >= 0.6 is 11.3 Å². The Labute approximate surface area is 125 Å². The van der Waals surface area contributed by atoms with Crippen LogP contribution in [0.2, 0.25) is 0 Å². The molecule has 0 radical (unpaired) electrons. The molecule has 0 spiro atoms. The number of carbonyl (C=O) groups is 1. The average molecular weight is 306 g/mol. The van der Waals surface area contributed by atoms with Crippen molar-refractivity contribution >= 4 is 28.0 Å². The summed E-state index contributed by atoms with van der Waals surface area (Å²) in [6.07, 6.45) is 0. The number of thiophene rings is 1. The van der Waals surface area contributed by atoms with Crippen molar-refractivity contribution in [1.29, 1.82) is 0 Å². The molecule has 0 fully saturated rings. The maximum absolute atomic E-state index is 11.4. The Balaban J connectivity index is 2.06. The van der Waals surface area contributed by atoms with Crippen LogP contribution < -0.4 is 5.32 Å². The van der Waals surface area contributed by atoms with E-state index in [0.717, 1.165) is 27.5 Å². The van der Waals surface area contributed by atoms with Gasteiger partial charge in [0.05, 0.1) is 17.6 Å². The lowest BCUT2D eigenvalue weighted by atomic mass is 10.1. The maximum atomic E-state index is 11.4. The lowest BCUT2D eigenvalue weighted by Gasteiger charge is -2.09. The van der Waals surface area contributed by atoms with Gasteiger partial charge in [-0.05, 0) is 36.8 Å². The zero-order valence-corrected chi connectivity index (χ0v) is 12.4. The van der Waals surface area contributed by atoms with E-state index in [9.17, 15) is 14.9 Å². The second-order valence-electron chi connectivity index (χ2n) is 4.37. The summed E-state index contributed by atoms with van der Waals surface area (Å²) in [5.74, 6) is -0.376. The van der Waals surface area contributed by atoms with E-state index < -0.39 is 4.92 Å². The minimum atomic E-state index is -0.398. The first-order chi connectivity index (χ1) is 10.0. The average Bonchev–Trinajstić information content (AvgIpc) is 2.94. The van der Waals surface area contributed by atoms with Crippen molar-refractivity contribution in [3.63, 3.8) is 0 Å². The Kier molecular flexibility index (Phi) is 4.54. The number of aryl methyl sites for hydroxylation is 1. The van der Waals surface area contributed by atoms with E-state index in [1.165, 1.54) is 13.2 Å². The molecule has 1 aromatic heterocycles. The molecule has 0 aliphatic carbocycles. The van der Waals surface area contributed by atoms with Crippen LogP contribution in [0.25, 0.3) is 0 Å². The molecule has 0 aliphatic rings. The van der Waals surface area contributed by atoms with Crippen LogP contribution in [-0.2, 0) is 11.3 Å². The highest BCUT2D eigenvalue weighted by Crippen LogP contribution is 2.25. The van der Waals surface area contributed by atoms with Crippen LogP contribution in [0.3, 0.4) is 0 Å². The van der Waals surface area contributed by atoms with Gasteiger partial charge in [0.25, 0.3) is 0 Å². The molecule has 0 saturated heterocycles. The molecule has 1 heterocycles. The molecule has 2 rings (SSSR count). The van der Waals surface area contributed by atoms with Gasteiger partial charge >= 0.3 is 11.0 Å². The summed E-state index contributed by atoms with van der Waals surface area (Å²) in [6, 6.07) is 8.44. The third-order valence-electron chi connectivity index (χ3n) is 2.93. The van der Waals surface area contributed by atoms with Gasteiger partial charge < -0.3 is 10.1 Å². The molecular weight excluding hydrogens is 292 g/mol. The Morgan fingerprint density at radius 3 is 2.71 bits per heavy atom. The highest BCUT2D eigenvalue weighted by atomic mass is 32.1. The molecule has 21 heavy (non-hydrogen) atoms. The summed E-state index contributed by atoms with van der Waals surface area (Å²) in [5.41, 5.74) is 2.27. The van der Waals surface area contributed by atoms with Crippen molar-refractivity contribution in [3.05, 3.63) is 56.5 Å². The summed E-state index contributed by atoms with van der Waals surface area (Å²) in [5, 5.41) is 14.0. The lowest BCUT2D eigenvalue weighted by Crippen LogP contribution is -2.04. The van der Waals surface area contributed by atoms with Gasteiger partial charge in [0.1, 0.15) is 0 Å². The number of nitrogens with zero attached hydrogens (tertiary/aromatic N) is 1. The van der Waals surface area contributed by atoms with Gasteiger partial charge in [-0.3, -0.25) is 10.1 Å². The van der Waals surface area contributed by atoms with Crippen LogP contribution in [0, 0.1) is 17.0 Å². The Bertz CT molecular complexity index is 681. The van der Waals surface area contributed by atoms with Crippen molar-refractivity contribution in [2.75, 3.05) is 12.4 Å². The van der Waals surface area contributed by atoms with Crippen LogP contribution in [0.15, 0.2) is 30.3 Å². The smallest absolute Gasteiger partial charge is 0.337 e. The van der Waals surface area contributed by atoms with Crippen LogP contribution in [0.5, 0.6) is 0 Å². The molecule has 7 heteroatoms. The number of nitrogens with one attached hydrogen (secondary N) is 1. The van der Waals surface area contributed by atoms with E-state index >= 15 is 0 Å². The Morgan fingerprint density at radius 1 is 1.38 bits per heavy atom. The SMILES string of the molecule is COC(=O)c1ccc(NCc2ccc([N+](=O)[O-])s2)c(C)c1. The van der Waals surface area contributed by atoms with Crippen molar-refractivity contribution in [3.8, 4) is 0 Å². The minimum Gasteiger partial charge on any atom is -0.465 e. The van der Waals surface area contributed by atoms with E-state index in [0.29, 0.717) is 12.1 Å². The van der Waals surface area contributed by atoms with Gasteiger partial charge in [0, 0.05) is 23.2 Å². The van der Waals surface area contributed by atoms with Crippen molar-refractivity contribution in [2.45, 2.75) is 13.5 Å². The first-order valence-electron chi connectivity index (χ1n) is 6.17. The van der Waals surface area contributed by atoms with Crippen LogP contribution in [0.4, 0.5) is 10.7 Å². The second-order valence-corrected chi connectivity index (χ2v) is 5.52. The molecule has 110 valence electrons. The van der Waals surface area contributed by atoms with E-state index in [1.807, 2.05) is 6.92 Å². The molecule has 0 saturated carbocycles. The number of nitro groups is 1. The summed E-state index contributed by atoms with van der Waals surface area (Å²) >= 11 is 1.14. The van der Waals surface area contributed by atoms with E-state index in [2.05, 4.69) is 10.1 Å². The molecule has 1 aromatic carbocycles. The zero-order valence-electron chi connectivity index (χ0n) is 11.6. The van der Waals surface area contributed by atoms with E-state index in [-0.39, 0.29) is 11.0 Å². The Morgan fingerprint density at radius 2 is 2.14 bits per heavy atom. The van der Waals surface area contributed by atoms with E-state index in [4.69, 9.17) is 0 Å². The standard InChI is InChI=1S/C14H14N2O4S/c1-9-7-10(14(17)20-2)3-5-12(9)15-8-11-4-6-13(21-11)16(18)19/h3-7,15H,8H2,1-2H3. The summed E-state index contributed by atoms with van der Waals surface area (Å²) < 4.78 is 4.66. The van der Waals surface area contributed by atoms with Crippen LogP contribution in [0.1, 0.15) is 20.8 Å². The molecule has 0 amide bonds. The molecule has 0 aliphatic heterocycles. The number of carbonyl (C=O) groups excluding carboxylic acids is 1. The Hall–Kier alpha value is -2.41. The van der Waals surface area contributed by atoms with Gasteiger partial charge in [-0.25, -0.2) is 4.79 Å². The maximum Gasteiger partial charge on any atom is 0.337 e. The number of esters is 1. The third-order valence-corrected chi connectivity index (χ3v) is 3.96. The monoisotopic (exact) mass is 306 g/mol. The van der Waals surface area contributed by atoms with E-state index in [1.54, 1.807) is 24.3 Å². The zero-order chi connectivity index (χ0) is 15.4. The molecule has 0 unspecified atom stereocenters. The molecule has 0 bridgehead atoms. The van der Waals surface area contributed by atoms with Gasteiger partial charge in [-0.2, -0.15) is 0 Å². The number of benzene rings is 1. The quantitative estimate of drug-likeness (QED) is 0.520. The van der Waals surface area contributed by atoms with Crippen molar-refractivity contribution in [1.82, 2.24) is 0 Å². The highest BCUT2D eigenvalue weighted by molar-refractivity contribution is 7.15. The summed E-state index contributed by atoms with van der Waals surface area (Å²) in [6.45, 7) is 2.38. The molecule has 1 N–H and O–H groups in total. The fourth-order valence-corrected chi connectivity index (χ4v) is 2.61. The number of anilines is 1. The molecule has 6 nitrogen and oxygen atoms in total. The predicted octanol–water partition coefficient (Wildman–Crippen LogP) is 3.36. The number of ether oxygens (including phenoxy) is 1. The number of rotatable bonds is 5. The third kappa shape index (κ3) is 3.57. The fraction of sp³-hybridized carbons (Fsp3) is 0.214. The molecule has 2 aromatic rings. The van der Waals surface area contributed by atoms with Gasteiger partial charge in [-0.1, -0.05) is 11.3 Å². The van der Waals surface area contributed by atoms with Gasteiger partial charge in [0.15, 0.2) is 0 Å². The minimum absolute atomic E-state index is 0.129. The van der Waals surface area contributed by atoms with Crippen LogP contribution in [-0.4, -0.2) is 18.0 Å². The van der Waals surface area contributed by atoms with Crippen molar-refractivity contribution in [2.24, 2.45) is 0 Å². The predicted molar refractivity (Wildman–Crippen MR) is 80.8 cm³/mol. The summed E-state index contributed by atoms with van der Waals surface area (Å²) in [4.78, 5) is 22.5. The highest BCUT2D eigenvalue weighted by Gasteiger charge is 2.10. The lowest BCUT2D eigenvalue weighted by molar-refractivity contribution is -0.380. The first-order valence-corrected chi connectivity index (χ1v) is 6.99. The number of hydrogen-bond donors (Lipinski definition) is 1. The molecular formula is C14H14N2O4S.